The molecule has 3 aromatic rings. The van der Waals surface area contributed by atoms with Crippen LogP contribution in [-0.4, -0.2) is 42.6 Å². The van der Waals surface area contributed by atoms with Crippen molar-refractivity contribution in [3.63, 3.8) is 0 Å². The summed E-state index contributed by atoms with van der Waals surface area (Å²) in [5.74, 6) is -0.134. The minimum absolute atomic E-state index is 0.0614. The fourth-order valence-electron chi connectivity index (χ4n) is 3.97. The maximum absolute atomic E-state index is 12.7. The van der Waals surface area contributed by atoms with Gasteiger partial charge in [-0.3, -0.25) is 4.79 Å². The van der Waals surface area contributed by atoms with Crippen LogP contribution < -0.4 is 4.72 Å². The number of aryl methyl sites for hydroxylation is 2. The first-order chi connectivity index (χ1) is 15.4. The highest BCUT2D eigenvalue weighted by molar-refractivity contribution is 7.89. The van der Waals surface area contributed by atoms with Crippen LogP contribution in [-0.2, 0) is 34.2 Å². The first kappa shape index (κ1) is 22.2. The average molecular weight is 453 g/mol. The van der Waals surface area contributed by atoms with Crippen molar-refractivity contribution < 1.29 is 13.2 Å². The van der Waals surface area contributed by atoms with Gasteiger partial charge in [-0.2, -0.15) is 5.10 Å². The number of fused-ring (bicyclic) bond motifs is 1. The standard InChI is InChI=1S/C24H28N4O3S/c1-27(17-19-16-25-28(18-19)22-9-3-2-4-10-22)24(29)13-14-26-32(30,31)23-12-11-20-7-5-6-8-21(20)15-23/h2-4,9-12,15-16,18,26H,5-8,13-14,17H2,1H3. The van der Waals surface area contributed by atoms with E-state index in [0.29, 0.717) is 6.54 Å². The molecule has 32 heavy (non-hydrogen) atoms. The summed E-state index contributed by atoms with van der Waals surface area (Å²) in [4.78, 5) is 14.4. The zero-order chi connectivity index (χ0) is 22.6. The molecule has 0 unspecified atom stereocenters. The number of carbonyl (C=O) groups is 1. The van der Waals surface area contributed by atoms with Crippen LogP contribution in [0.3, 0.4) is 0 Å². The maximum atomic E-state index is 12.7. The Labute approximate surface area is 189 Å². The summed E-state index contributed by atoms with van der Waals surface area (Å²) in [6.07, 6.45) is 7.88. The van der Waals surface area contributed by atoms with Crippen LogP contribution in [0.25, 0.3) is 5.69 Å². The number of sulfonamides is 1. The molecule has 0 saturated carbocycles. The Hall–Kier alpha value is -2.97. The lowest BCUT2D eigenvalue weighted by Crippen LogP contribution is -2.32. The first-order valence-corrected chi connectivity index (χ1v) is 12.3. The van der Waals surface area contributed by atoms with Crippen molar-refractivity contribution in [3.05, 3.63) is 77.6 Å². The van der Waals surface area contributed by atoms with Gasteiger partial charge in [0, 0.05) is 38.3 Å². The van der Waals surface area contributed by atoms with E-state index in [1.54, 1.807) is 35.0 Å². The third-order valence-corrected chi connectivity index (χ3v) is 7.22. The molecule has 4 rings (SSSR count). The number of rotatable bonds is 8. The highest BCUT2D eigenvalue weighted by Crippen LogP contribution is 2.24. The number of hydrogen-bond donors (Lipinski definition) is 1. The molecule has 0 bridgehead atoms. The van der Waals surface area contributed by atoms with E-state index in [1.807, 2.05) is 42.6 Å². The number of hydrogen-bond acceptors (Lipinski definition) is 4. The highest BCUT2D eigenvalue weighted by atomic mass is 32.2. The number of aromatic nitrogens is 2. The molecule has 0 saturated heterocycles. The number of nitrogens with one attached hydrogen (secondary N) is 1. The van der Waals surface area contributed by atoms with Gasteiger partial charge in [-0.25, -0.2) is 17.8 Å². The van der Waals surface area contributed by atoms with Gasteiger partial charge in [0.2, 0.25) is 15.9 Å². The number of nitrogens with zero attached hydrogens (tertiary/aromatic N) is 3. The molecule has 1 N–H and O–H groups in total. The molecule has 168 valence electrons. The second kappa shape index (κ2) is 9.67. The highest BCUT2D eigenvalue weighted by Gasteiger charge is 2.18. The fraction of sp³-hybridized carbons (Fsp3) is 0.333. The smallest absolute Gasteiger partial charge is 0.240 e. The van der Waals surface area contributed by atoms with Crippen molar-refractivity contribution in [2.45, 2.75) is 43.5 Å². The van der Waals surface area contributed by atoms with Crippen molar-refractivity contribution in [1.29, 1.82) is 0 Å². The summed E-state index contributed by atoms with van der Waals surface area (Å²) in [6, 6.07) is 15.1. The van der Waals surface area contributed by atoms with Gasteiger partial charge in [0.05, 0.1) is 16.8 Å². The van der Waals surface area contributed by atoms with Gasteiger partial charge in [-0.1, -0.05) is 24.3 Å². The monoisotopic (exact) mass is 452 g/mol. The minimum atomic E-state index is -3.64. The second-order valence-electron chi connectivity index (χ2n) is 8.16. The lowest BCUT2D eigenvalue weighted by atomic mass is 9.92. The van der Waals surface area contributed by atoms with Crippen molar-refractivity contribution in [3.8, 4) is 5.69 Å². The molecule has 0 radical (unpaired) electrons. The van der Waals surface area contributed by atoms with Crippen LogP contribution in [0, 0.1) is 0 Å². The Kier molecular flexibility index (Phi) is 6.72. The Bertz CT molecular complexity index is 1190. The number of benzene rings is 2. The maximum Gasteiger partial charge on any atom is 0.240 e. The third-order valence-electron chi connectivity index (χ3n) is 5.76. The summed E-state index contributed by atoms with van der Waals surface area (Å²) in [6.45, 7) is 0.467. The van der Waals surface area contributed by atoms with Crippen molar-refractivity contribution in [2.75, 3.05) is 13.6 Å². The zero-order valence-corrected chi connectivity index (χ0v) is 19.0. The molecule has 8 heteroatoms. The molecule has 0 aliphatic heterocycles. The number of para-hydroxylation sites is 1. The Morgan fingerprint density at radius 1 is 1.09 bits per heavy atom. The quantitative estimate of drug-likeness (QED) is 0.569. The molecule has 2 aromatic carbocycles. The predicted octanol–water partition coefficient (Wildman–Crippen LogP) is 3.08. The summed E-state index contributed by atoms with van der Waals surface area (Å²) in [7, 11) is -1.93. The lowest BCUT2D eigenvalue weighted by molar-refractivity contribution is -0.130. The lowest BCUT2D eigenvalue weighted by Gasteiger charge is -2.18. The van der Waals surface area contributed by atoms with Crippen molar-refractivity contribution in [1.82, 2.24) is 19.4 Å². The van der Waals surface area contributed by atoms with Gasteiger partial charge < -0.3 is 4.90 Å². The van der Waals surface area contributed by atoms with Crippen LogP contribution >= 0.6 is 0 Å². The molecule has 1 aliphatic rings. The predicted molar refractivity (Wildman–Crippen MR) is 123 cm³/mol. The molecular formula is C24H28N4O3S. The number of carbonyl (C=O) groups excluding carboxylic acids is 1. The molecule has 1 aromatic heterocycles. The zero-order valence-electron chi connectivity index (χ0n) is 18.2. The van der Waals surface area contributed by atoms with Crippen molar-refractivity contribution in [2.24, 2.45) is 0 Å². The van der Waals surface area contributed by atoms with Crippen molar-refractivity contribution >= 4 is 15.9 Å². The summed E-state index contributed by atoms with van der Waals surface area (Å²) in [5.41, 5.74) is 4.21. The van der Waals surface area contributed by atoms with E-state index in [0.717, 1.165) is 42.5 Å². The minimum Gasteiger partial charge on any atom is -0.341 e. The van der Waals surface area contributed by atoms with Crippen LogP contribution in [0.5, 0.6) is 0 Å². The average Bonchev–Trinajstić information content (AvgIpc) is 3.27. The Morgan fingerprint density at radius 2 is 1.84 bits per heavy atom. The summed E-state index contributed by atoms with van der Waals surface area (Å²) < 4.78 is 29.6. The van der Waals surface area contributed by atoms with E-state index in [-0.39, 0.29) is 23.8 Å². The Morgan fingerprint density at radius 3 is 2.62 bits per heavy atom. The summed E-state index contributed by atoms with van der Waals surface area (Å²) >= 11 is 0. The SMILES string of the molecule is CN(Cc1cnn(-c2ccccc2)c1)C(=O)CCNS(=O)(=O)c1ccc2c(c1)CCCC2. The van der Waals surface area contributed by atoms with Crippen LogP contribution in [0.2, 0.25) is 0 Å². The van der Waals surface area contributed by atoms with E-state index < -0.39 is 10.0 Å². The Balaban J connectivity index is 1.29. The molecule has 1 heterocycles. The van der Waals surface area contributed by atoms with Gasteiger partial charge in [-0.15, -0.1) is 0 Å². The van der Waals surface area contributed by atoms with E-state index in [9.17, 15) is 13.2 Å². The fourth-order valence-corrected chi connectivity index (χ4v) is 5.05. The van der Waals surface area contributed by atoms with E-state index >= 15 is 0 Å². The molecule has 1 aliphatic carbocycles. The van der Waals surface area contributed by atoms with E-state index in [1.165, 1.54) is 5.56 Å². The molecule has 0 atom stereocenters. The summed E-state index contributed by atoms with van der Waals surface area (Å²) in [5, 5.41) is 4.34. The molecule has 0 spiro atoms. The topological polar surface area (TPSA) is 84.3 Å². The van der Waals surface area contributed by atoms with Gasteiger partial charge in [0.15, 0.2) is 0 Å². The van der Waals surface area contributed by atoms with Gasteiger partial charge in [-0.05, 0) is 61.1 Å². The molecule has 0 fully saturated rings. The van der Waals surface area contributed by atoms with Gasteiger partial charge in [0.1, 0.15) is 0 Å². The van der Waals surface area contributed by atoms with Crippen LogP contribution in [0.1, 0.15) is 36.0 Å². The molecule has 1 amide bonds. The normalized spacial score (nSPS) is 13.5. The second-order valence-corrected chi connectivity index (χ2v) is 9.93. The number of amides is 1. The van der Waals surface area contributed by atoms with Crippen LogP contribution in [0.4, 0.5) is 0 Å². The van der Waals surface area contributed by atoms with E-state index in [4.69, 9.17) is 0 Å². The molecule has 7 nitrogen and oxygen atoms in total. The largest absolute Gasteiger partial charge is 0.341 e. The van der Waals surface area contributed by atoms with Crippen LogP contribution in [0.15, 0.2) is 65.8 Å². The first-order valence-electron chi connectivity index (χ1n) is 10.9. The molecular weight excluding hydrogens is 424 g/mol. The third kappa shape index (κ3) is 5.26. The van der Waals surface area contributed by atoms with Gasteiger partial charge in [0.25, 0.3) is 0 Å². The van der Waals surface area contributed by atoms with Gasteiger partial charge >= 0.3 is 0 Å². The van der Waals surface area contributed by atoms with E-state index in [2.05, 4.69) is 9.82 Å².